The summed E-state index contributed by atoms with van der Waals surface area (Å²) in [6, 6.07) is 2.14. The van der Waals surface area contributed by atoms with E-state index in [2.05, 4.69) is 42.6 Å². The molecule has 2 heterocycles. The number of nitrogens with zero attached hydrogens (tertiary/aromatic N) is 2. The highest BCUT2D eigenvalue weighted by atomic mass is 127. The molecule has 1 N–H and O–H groups in total. The molecule has 1 fully saturated rings. The van der Waals surface area contributed by atoms with Crippen LogP contribution in [0.1, 0.15) is 11.3 Å². The summed E-state index contributed by atoms with van der Waals surface area (Å²) in [6.45, 7) is 3.75. The van der Waals surface area contributed by atoms with Gasteiger partial charge in [-0.25, -0.2) is 0 Å². The first-order chi connectivity index (χ1) is 9.22. The highest BCUT2D eigenvalue weighted by Gasteiger charge is 2.24. The SMILES string of the molecule is CN=C(NCc1cc(Br)cs1)N1CCC(COC)C1.I. The molecule has 1 unspecified atom stereocenters. The third-order valence-corrected chi connectivity index (χ3v) is 4.94. The molecule has 1 aromatic heterocycles. The summed E-state index contributed by atoms with van der Waals surface area (Å²) in [7, 11) is 3.61. The van der Waals surface area contributed by atoms with Crippen molar-refractivity contribution in [3.8, 4) is 0 Å². The van der Waals surface area contributed by atoms with Gasteiger partial charge in [-0.15, -0.1) is 35.3 Å². The third-order valence-electron chi connectivity index (χ3n) is 3.24. The maximum atomic E-state index is 5.23. The maximum Gasteiger partial charge on any atom is 0.193 e. The standard InChI is InChI=1S/C13H20BrN3OS.HI/c1-15-13(16-6-12-5-11(14)9-19-12)17-4-3-10(7-17)8-18-2;/h5,9-10H,3-4,6-8H2,1-2H3,(H,15,16);1H. The molecule has 0 spiro atoms. The monoisotopic (exact) mass is 473 g/mol. The van der Waals surface area contributed by atoms with Crippen molar-refractivity contribution >= 4 is 57.2 Å². The van der Waals surface area contributed by atoms with E-state index in [1.54, 1.807) is 18.4 Å². The lowest BCUT2D eigenvalue weighted by atomic mass is 10.1. The number of nitrogens with one attached hydrogen (secondary N) is 1. The molecule has 0 amide bonds. The van der Waals surface area contributed by atoms with Crippen molar-refractivity contribution < 1.29 is 4.74 Å². The van der Waals surface area contributed by atoms with Crippen molar-refractivity contribution in [2.75, 3.05) is 33.9 Å². The zero-order valence-corrected chi connectivity index (χ0v) is 16.5. The third kappa shape index (κ3) is 5.16. The Morgan fingerprint density at radius 1 is 1.65 bits per heavy atom. The fraction of sp³-hybridized carbons (Fsp3) is 0.615. The number of hydrogen-bond acceptors (Lipinski definition) is 3. The molecule has 2 rings (SSSR count). The Morgan fingerprint density at radius 2 is 2.45 bits per heavy atom. The number of halogens is 2. The fourth-order valence-electron chi connectivity index (χ4n) is 2.34. The van der Waals surface area contributed by atoms with Crippen LogP contribution in [-0.4, -0.2) is 44.7 Å². The summed E-state index contributed by atoms with van der Waals surface area (Å²) in [4.78, 5) is 7.99. The Bertz CT molecular complexity index is 441. The summed E-state index contributed by atoms with van der Waals surface area (Å²) in [5, 5.41) is 5.53. The highest BCUT2D eigenvalue weighted by molar-refractivity contribution is 14.0. The Kier molecular flexibility index (Phi) is 8.38. The summed E-state index contributed by atoms with van der Waals surface area (Å²) in [5.41, 5.74) is 0. The lowest BCUT2D eigenvalue weighted by Crippen LogP contribution is -2.39. The minimum Gasteiger partial charge on any atom is -0.384 e. The molecular formula is C13H21BrIN3OS. The van der Waals surface area contributed by atoms with Gasteiger partial charge in [0.15, 0.2) is 5.96 Å². The predicted octanol–water partition coefficient (Wildman–Crippen LogP) is 3.17. The van der Waals surface area contributed by atoms with Crippen LogP contribution < -0.4 is 5.32 Å². The number of thiophene rings is 1. The van der Waals surface area contributed by atoms with Crippen molar-refractivity contribution in [3.63, 3.8) is 0 Å². The molecule has 4 nitrogen and oxygen atoms in total. The largest absolute Gasteiger partial charge is 0.384 e. The molecule has 20 heavy (non-hydrogen) atoms. The molecule has 1 atom stereocenters. The van der Waals surface area contributed by atoms with E-state index in [-0.39, 0.29) is 24.0 Å². The zero-order chi connectivity index (χ0) is 13.7. The first-order valence-corrected chi connectivity index (χ1v) is 8.07. The van der Waals surface area contributed by atoms with E-state index in [1.807, 2.05) is 7.05 Å². The van der Waals surface area contributed by atoms with Crippen molar-refractivity contribution in [2.45, 2.75) is 13.0 Å². The van der Waals surface area contributed by atoms with Crippen LogP contribution >= 0.6 is 51.2 Å². The normalized spacial score (nSPS) is 19.1. The summed E-state index contributed by atoms with van der Waals surface area (Å²) < 4.78 is 6.37. The lowest BCUT2D eigenvalue weighted by molar-refractivity contribution is 0.157. The minimum absolute atomic E-state index is 0. The second-order valence-electron chi connectivity index (χ2n) is 4.69. The second kappa shape index (κ2) is 9.22. The van der Waals surface area contributed by atoms with E-state index in [1.165, 1.54) is 11.3 Å². The Hall–Kier alpha value is 0.140. The van der Waals surface area contributed by atoms with Gasteiger partial charge in [0.05, 0.1) is 13.2 Å². The molecule has 1 aliphatic heterocycles. The molecule has 0 radical (unpaired) electrons. The molecular weight excluding hydrogens is 453 g/mol. The number of aliphatic imine (C=N–C) groups is 1. The number of likely N-dealkylation sites (tertiary alicyclic amines) is 1. The van der Waals surface area contributed by atoms with Gasteiger partial charge >= 0.3 is 0 Å². The van der Waals surface area contributed by atoms with Crippen LogP contribution in [0.5, 0.6) is 0 Å². The van der Waals surface area contributed by atoms with E-state index in [0.717, 1.165) is 36.7 Å². The number of guanidine groups is 1. The first-order valence-electron chi connectivity index (χ1n) is 6.40. The molecule has 0 aliphatic carbocycles. The van der Waals surface area contributed by atoms with Gasteiger partial charge in [0.25, 0.3) is 0 Å². The average molecular weight is 474 g/mol. The van der Waals surface area contributed by atoms with E-state index in [4.69, 9.17) is 4.74 Å². The second-order valence-corrected chi connectivity index (χ2v) is 6.60. The molecule has 1 saturated heterocycles. The molecule has 1 aliphatic rings. The van der Waals surface area contributed by atoms with Gasteiger partial charge < -0.3 is 15.0 Å². The molecule has 1 aromatic rings. The van der Waals surface area contributed by atoms with Crippen molar-refractivity contribution in [2.24, 2.45) is 10.9 Å². The van der Waals surface area contributed by atoms with Gasteiger partial charge in [-0.05, 0) is 28.4 Å². The van der Waals surface area contributed by atoms with Crippen LogP contribution in [0.2, 0.25) is 0 Å². The lowest BCUT2D eigenvalue weighted by Gasteiger charge is -2.21. The fourth-order valence-corrected chi connectivity index (χ4v) is 3.73. The molecule has 0 aromatic carbocycles. The van der Waals surface area contributed by atoms with E-state index >= 15 is 0 Å². The number of methoxy groups -OCH3 is 1. The predicted molar refractivity (Wildman–Crippen MR) is 99.2 cm³/mol. The molecule has 0 saturated carbocycles. The Balaban J connectivity index is 0.00000200. The topological polar surface area (TPSA) is 36.9 Å². The van der Waals surface area contributed by atoms with Crippen LogP contribution in [0.15, 0.2) is 20.9 Å². The van der Waals surface area contributed by atoms with Gasteiger partial charge in [0, 0.05) is 47.9 Å². The molecule has 7 heteroatoms. The zero-order valence-electron chi connectivity index (χ0n) is 11.8. The van der Waals surface area contributed by atoms with Crippen LogP contribution in [0, 0.1) is 5.92 Å². The van der Waals surface area contributed by atoms with E-state index < -0.39 is 0 Å². The summed E-state index contributed by atoms with van der Waals surface area (Å²) in [6.07, 6.45) is 1.18. The Labute approximate surface area is 150 Å². The van der Waals surface area contributed by atoms with Gasteiger partial charge in [-0.3, -0.25) is 4.99 Å². The maximum absolute atomic E-state index is 5.23. The molecule has 114 valence electrons. The van der Waals surface area contributed by atoms with Crippen molar-refractivity contribution in [1.29, 1.82) is 0 Å². The minimum atomic E-state index is 0. The molecule has 0 bridgehead atoms. The number of rotatable bonds is 4. The van der Waals surface area contributed by atoms with Crippen LogP contribution in [0.3, 0.4) is 0 Å². The smallest absolute Gasteiger partial charge is 0.193 e. The van der Waals surface area contributed by atoms with E-state index in [9.17, 15) is 0 Å². The number of hydrogen-bond donors (Lipinski definition) is 1. The van der Waals surface area contributed by atoms with Crippen LogP contribution in [-0.2, 0) is 11.3 Å². The van der Waals surface area contributed by atoms with Crippen molar-refractivity contribution in [1.82, 2.24) is 10.2 Å². The first kappa shape index (κ1) is 18.2. The van der Waals surface area contributed by atoms with E-state index in [0.29, 0.717) is 5.92 Å². The van der Waals surface area contributed by atoms with Gasteiger partial charge in [0.2, 0.25) is 0 Å². The van der Waals surface area contributed by atoms with Gasteiger partial charge in [0.1, 0.15) is 0 Å². The van der Waals surface area contributed by atoms with Gasteiger partial charge in [-0.1, -0.05) is 0 Å². The summed E-state index contributed by atoms with van der Waals surface area (Å²) >= 11 is 5.23. The summed E-state index contributed by atoms with van der Waals surface area (Å²) in [5.74, 6) is 1.61. The number of ether oxygens (including phenoxy) is 1. The highest BCUT2D eigenvalue weighted by Crippen LogP contribution is 2.20. The quantitative estimate of drug-likeness (QED) is 0.414. The van der Waals surface area contributed by atoms with Gasteiger partial charge in [-0.2, -0.15) is 0 Å². The van der Waals surface area contributed by atoms with Crippen LogP contribution in [0.4, 0.5) is 0 Å². The van der Waals surface area contributed by atoms with Crippen LogP contribution in [0.25, 0.3) is 0 Å². The van der Waals surface area contributed by atoms with Crippen molar-refractivity contribution in [3.05, 3.63) is 20.8 Å². The average Bonchev–Trinajstić information content (AvgIpc) is 3.01. The Morgan fingerprint density at radius 3 is 3.05 bits per heavy atom.